The summed E-state index contributed by atoms with van der Waals surface area (Å²) in [6, 6.07) is 0. The average Bonchev–Trinajstić information content (AvgIpc) is 2.50. The van der Waals surface area contributed by atoms with Gasteiger partial charge in [-0.2, -0.15) is 13.2 Å². The van der Waals surface area contributed by atoms with Gasteiger partial charge in [-0.1, -0.05) is 0 Å². The second-order valence-electron chi connectivity index (χ2n) is 5.89. The van der Waals surface area contributed by atoms with Crippen molar-refractivity contribution in [2.75, 3.05) is 32.9 Å². The van der Waals surface area contributed by atoms with Crippen molar-refractivity contribution in [3.63, 3.8) is 0 Å². The van der Waals surface area contributed by atoms with E-state index in [0.29, 0.717) is 0 Å². The van der Waals surface area contributed by atoms with Gasteiger partial charge >= 0.3 is 12.1 Å². The molecule has 24 heavy (non-hydrogen) atoms. The van der Waals surface area contributed by atoms with Crippen LogP contribution in [0.4, 0.5) is 13.2 Å². The van der Waals surface area contributed by atoms with Crippen LogP contribution < -0.4 is 0 Å². The fraction of sp³-hybridized carbons (Fsp3) is 0.857. The molecule has 2 rings (SSSR count). The quantitative estimate of drug-likeness (QED) is 0.562. The SMILES string of the molecule is CCOC(=O)[C@H]1[C@H](C(F)(F)F)C(C)=[N+]([O-])O[C@]1(C)N1CCOCC1. The average molecular weight is 354 g/mol. The van der Waals surface area contributed by atoms with Crippen LogP contribution in [0.3, 0.4) is 0 Å². The van der Waals surface area contributed by atoms with Crippen LogP contribution in [-0.4, -0.2) is 66.3 Å². The molecular formula is C14H21F3N2O5. The molecule has 0 aromatic carbocycles. The molecule has 0 unspecified atom stereocenters. The third kappa shape index (κ3) is 3.30. The highest BCUT2D eigenvalue weighted by Crippen LogP contribution is 2.44. The molecule has 1 saturated heterocycles. The zero-order valence-electron chi connectivity index (χ0n) is 13.8. The number of rotatable bonds is 3. The van der Waals surface area contributed by atoms with Crippen LogP contribution in [-0.2, 0) is 19.1 Å². The standard InChI is InChI=1S/C14H21F3N2O5/c1-4-23-12(20)11-10(14(15,16)17)9(2)19(21)24-13(11,3)18-5-7-22-8-6-18/h10-11H,4-8H2,1-3H3/t10-,11-,13+/m1/s1. The normalized spacial score (nSPS) is 32.4. The van der Waals surface area contributed by atoms with Crippen molar-refractivity contribution < 1.29 is 37.2 Å². The lowest BCUT2D eigenvalue weighted by molar-refractivity contribution is -0.785. The Morgan fingerprint density at radius 2 is 2.04 bits per heavy atom. The highest BCUT2D eigenvalue weighted by Gasteiger charge is 2.64. The number of ether oxygens (including phenoxy) is 2. The fourth-order valence-electron chi connectivity index (χ4n) is 3.24. The number of halogens is 3. The second-order valence-corrected chi connectivity index (χ2v) is 5.89. The molecule has 0 aliphatic carbocycles. The third-order valence-electron chi connectivity index (χ3n) is 4.45. The maximum Gasteiger partial charge on any atom is 0.402 e. The Kier molecular flexibility index (Phi) is 5.28. The number of nitrogens with zero attached hydrogens (tertiary/aromatic N) is 2. The molecule has 0 radical (unpaired) electrons. The third-order valence-corrected chi connectivity index (χ3v) is 4.45. The van der Waals surface area contributed by atoms with Crippen LogP contribution in [0.1, 0.15) is 20.8 Å². The van der Waals surface area contributed by atoms with Crippen molar-refractivity contribution in [3.8, 4) is 0 Å². The molecule has 138 valence electrons. The molecule has 2 aliphatic rings. The predicted octanol–water partition coefficient (Wildman–Crippen LogP) is 1.31. The summed E-state index contributed by atoms with van der Waals surface area (Å²) in [4.78, 5) is 19.0. The van der Waals surface area contributed by atoms with Crippen molar-refractivity contribution in [1.29, 1.82) is 0 Å². The minimum absolute atomic E-state index is 0.0702. The Morgan fingerprint density at radius 1 is 1.46 bits per heavy atom. The highest BCUT2D eigenvalue weighted by molar-refractivity contribution is 5.87. The molecule has 0 saturated carbocycles. The molecule has 1 fully saturated rings. The number of hydrogen-bond acceptors (Lipinski definition) is 6. The van der Waals surface area contributed by atoms with Gasteiger partial charge in [-0.15, -0.1) is 0 Å². The van der Waals surface area contributed by atoms with Gasteiger partial charge in [0, 0.05) is 24.9 Å². The number of carbonyl (C=O) groups excluding carboxylic acids is 1. The lowest BCUT2D eigenvalue weighted by Crippen LogP contribution is -2.67. The fourth-order valence-corrected chi connectivity index (χ4v) is 3.24. The Hall–Kier alpha value is -1.55. The van der Waals surface area contributed by atoms with Crippen LogP contribution in [0, 0.1) is 17.0 Å². The number of morpholine rings is 1. The van der Waals surface area contributed by atoms with E-state index in [1.165, 1.54) is 18.7 Å². The van der Waals surface area contributed by atoms with Crippen LogP contribution in [0.2, 0.25) is 0 Å². The lowest BCUT2D eigenvalue weighted by Gasteiger charge is -2.51. The molecular weight excluding hydrogens is 333 g/mol. The summed E-state index contributed by atoms with van der Waals surface area (Å²) in [5.41, 5.74) is -2.40. The van der Waals surface area contributed by atoms with Crippen molar-refractivity contribution in [3.05, 3.63) is 5.21 Å². The Labute approximate surface area is 137 Å². The van der Waals surface area contributed by atoms with Gasteiger partial charge in [0.25, 0.3) is 0 Å². The Morgan fingerprint density at radius 3 is 2.54 bits per heavy atom. The van der Waals surface area contributed by atoms with E-state index in [9.17, 15) is 23.2 Å². The predicted molar refractivity (Wildman–Crippen MR) is 75.9 cm³/mol. The van der Waals surface area contributed by atoms with E-state index < -0.39 is 35.4 Å². The Balaban J connectivity index is 2.52. The molecule has 2 heterocycles. The number of carbonyl (C=O) groups is 1. The topological polar surface area (TPSA) is 74.1 Å². The summed E-state index contributed by atoms with van der Waals surface area (Å²) in [7, 11) is 0. The van der Waals surface area contributed by atoms with Gasteiger partial charge in [-0.3, -0.25) is 14.9 Å². The maximum atomic E-state index is 13.6. The number of alkyl halides is 3. The highest BCUT2D eigenvalue weighted by atomic mass is 19.4. The number of esters is 1. The first kappa shape index (κ1) is 18.8. The molecule has 10 heteroatoms. The maximum absolute atomic E-state index is 13.6. The zero-order valence-corrected chi connectivity index (χ0v) is 13.8. The molecule has 0 N–H and O–H groups in total. The van der Waals surface area contributed by atoms with Crippen LogP contribution in [0.5, 0.6) is 0 Å². The molecule has 7 nitrogen and oxygen atoms in total. The van der Waals surface area contributed by atoms with E-state index in [2.05, 4.69) is 0 Å². The summed E-state index contributed by atoms with van der Waals surface area (Å²) in [5, 5.41) is 12.0. The van der Waals surface area contributed by atoms with Gasteiger partial charge in [0.1, 0.15) is 11.6 Å². The second kappa shape index (κ2) is 6.75. The molecule has 0 amide bonds. The first-order valence-electron chi connectivity index (χ1n) is 7.69. The van der Waals surface area contributed by atoms with E-state index in [4.69, 9.17) is 14.3 Å². The van der Waals surface area contributed by atoms with E-state index in [1.54, 1.807) is 0 Å². The molecule has 0 aromatic heterocycles. The minimum Gasteiger partial charge on any atom is -0.466 e. The van der Waals surface area contributed by atoms with Gasteiger partial charge in [0.2, 0.25) is 5.71 Å². The van der Waals surface area contributed by atoms with Crippen molar-refractivity contribution in [2.24, 2.45) is 11.8 Å². The van der Waals surface area contributed by atoms with E-state index in [1.807, 2.05) is 0 Å². The van der Waals surface area contributed by atoms with Crippen LogP contribution in [0.25, 0.3) is 0 Å². The van der Waals surface area contributed by atoms with E-state index in [-0.39, 0.29) is 37.8 Å². The molecule has 3 atom stereocenters. The first-order chi connectivity index (χ1) is 11.1. The molecule has 2 aliphatic heterocycles. The largest absolute Gasteiger partial charge is 0.466 e. The lowest BCUT2D eigenvalue weighted by atomic mass is 9.79. The monoisotopic (exact) mass is 354 g/mol. The van der Waals surface area contributed by atoms with Crippen LogP contribution >= 0.6 is 0 Å². The van der Waals surface area contributed by atoms with Crippen molar-refractivity contribution in [1.82, 2.24) is 4.90 Å². The minimum atomic E-state index is -4.79. The van der Waals surface area contributed by atoms with E-state index in [0.717, 1.165) is 6.92 Å². The first-order valence-corrected chi connectivity index (χ1v) is 7.69. The summed E-state index contributed by atoms with van der Waals surface area (Å²) in [6.45, 7) is 4.78. The van der Waals surface area contributed by atoms with Crippen molar-refractivity contribution in [2.45, 2.75) is 32.7 Å². The molecule has 0 spiro atoms. The van der Waals surface area contributed by atoms with Gasteiger partial charge in [0.05, 0.1) is 19.8 Å². The smallest absolute Gasteiger partial charge is 0.402 e. The van der Waals surface area contributed by atoms with Gasteiger partial charge in [-0.25, -0.2) is 0 Å². The zero-order chi connectivity index (χ0) is 18.1. The summed E-state index contributed by atoms with van der Waals surface area (Å²) in [6.07, 6.45) is -4.79. The van der Waals surface area contributed by atoms with Gasteiger partial charge in [0.15, 0.2) is 5.92 Å². The van der Waals surface area contributed by atoms with Crippen molar-refractivity contribution >= 4 is 11.7 Å². The molecule has 0 aromatic rings. The molecule has 0 bridgehead atoms. The van der Waals surface area contributed by atoms with Gasteiger partial charge in [-0.05, 0) is 13.8 Å². The Bertz CT molecular complexity index is 519. The number of hydrogen-bond donors (Lipinski definition) is 0. The van der Waals surface area contributed by atoms with Crippen LogP contribution in [0.15, 0.2) is 0 Å². The summed E-state index contributed by atoms with van der Waals surface area (Å²) in [5.74, 6) is -5.03. The summed E-state index contributed by atoms with van der Waals surface area (Å²) < 4.78 is 51.0. The van der Waals surface area contributed by atoms with Gasteiger partial charge < -0.3 is 14.3 Å². The summed E-state index contributed by atoms with van der Waals surface area (Å²) >= 11 is 0. The van der Waals surface area contributed by atoms with E-state index >= 15 is 0 Å².